The van der Waals surface area contributed by atoms with Crippen molar-refractivity contribution in [3.8, 4) is 11.5 Å². The molecule has 8 heteroatoms. The molecule has 6 nitrogen and oxygen atoms in total. The Balaban J connectivity index is 1.96. The van der Waals surface area contributed by atoms with Gasteiger partial charge in [-0.25, -0.2) is 4.79 Å². The van der Waals surface area contributed by atoms with E-state index in [0.29, 0.717) is 21.5 Å². The van der Waals surface area contributed by atoms with Crippen molar-refractivity contribution in [1.82, 2.24) is 9.59 Å². The van der Waals surface area contributed by atoms with Crippen LogP contribution in [0, 0.1) is 0 Å². The van der Waals surface area contributed by atoms with Crippen molar-refractivity contribution < 1.29 is 19.0 Å². The largest absolute Gasteiger partial charge is 0.493 e. The van der Waals surface area contributed by atoms with E-state index in [4.69, 9.17) is 25.8 Å². The minimum atomic E-state index is -0.501. The summed E-state index contributed by atoms with van der Waals surface area (Å²) in [5, 5.41) is 3.75. The van der Waals surface area contributed by atoms with E-state index in [-0.39, 0.29) is 6.61 Å². The zero-order chi connectivity index (χ0) is 15.9. The molecule has 0 aliphatic carbocycles. The summed E-state index contributed by atoms with van der Waals surface area (Å²) in [7, 11) is 3.11. The van der Waals surface area contributed by atoms with E-state index in [2.05, 4.69) is 9.59 Å². The minimum absolute atomic E-state index is 0.00948. The van der Waals surface area contributed by atoms with Gasteiger partial charge in [0.15, 0.2) is 11.5 Å². The van der Waals surface area contributed by atoms with Gasteiger partial charge in [-0.3, -0.25) is 0 Å². The van der Waals surface area contributed by atoms with E-state index in [0.717, 1.165) is 17.1 Å². The molecule has 1 aromatic heterocycles. The fourth-order valence-electron chi connectivity index (χ4n) is 1.59. The van der Waals surface area contributed by atoms with Gasteiger partial charge in [0.2, 0.25) is 0 Å². The van der Waals surface area contributed by atoms with Gasteiger partial charge in [-0.2, -0.15) is 0 Å². The molecule has 22 heavy (non-hydrogen) atoms. The van der Waals surface area contributed by atoms with Crippen LogP contribution in [-0.4, -0.2) is 29.8 Å². The van der Waals surface area contributed by atoms with Crippen molar-refractivity contribution in [3.05, 3.63) is 39.9 Å². The molecule has 0 bridgehead atoms. The summed E-state index contributed by atoms with van der Waals surface area (Å²) >= 11 is 6.86. The molecular formula is C14H13ClN2O4S. The molecule has 0 aliphatic heterocycles. The highest BCUT2D eigenvalue weighted by molar-refractivity contribution is 7.10. The molecule has 1 heterocycles. The zero-order valence-corrected chi connectivity index (χ0v) is 13.5. The monoisotopic (exact) mass is 340 g/mol. The van der Waals surface area contributed by atoms with Gasteiger partial charge in [-0.1, -0.05) is 22.2 Å². The van der Waals surface area contributed by atoms with Crippen LogP contribution in [0.5, 0.6) is 11.5 Å². The van der Waals surface area contributed by atoms with E-state index in [1.165, 1.54) is 6.08 Å². The highest BCUT2D eigenvalue weighted by Crippen LogP contribution is 2.28. The predicted molar refractivity (Wildman–Crippen MR) is 83.3 cm³/mol. The van der Waals surface area contributed by atoms with Gasteiger partial charge in [0, 0.05) is 17.6 Å². The summed E-state index contributed by atoms with van der Waals surface area (Å²) in [6.07, 6.45) is 2.93. The molecule has 0 amide bonds. The number of aromatic nitrogens is 2. The van der Waals surface area contributed by atoms with Crippen LogP contribution < -0.4 is 9.47 Å². The Kier molecular flexibility index (Phi) is 5.74. The summed E-state index contributed by atoms with van der Waals surface area (Å²) in [5.74, 6) is 0.699. The van der Waals surface area contributed by atoms with Crippen LogP contribution in [0.15, 0.2) is 24.3 Å². The fraction of sp³-hybridized carbons (Fsp3) is 0.214. The van der Waals surface area contributed by atoms with Crippen molar-refractivity contribution in [3.63, 3.8) is 0 Å². The lowest BCUT2D eigenvalue weighted by atomic mass is 10.2. The third-order valence-electron chi connectivity index (χ3n) is 2.68. The van der Waals surface area contributed by atoms with Gasteiger partial charge in [-0.05, 0) is 23.8 Å². The first kappa shape index (κ1) is 16.3. The Morgan fingerprint density at radius 1 is 1.32 bits per heavy atom. The molecular weight excluding hydrogens is 328 g/mol. The molecule has 0 radical (unpaired) electrons. The number of hydrogen-bond donors (Lipinski definition) is 0. The molecule has 0 atom stereocenters. The lowest BCUT2D eigenvalue weighted by Crippen LogP contribution is -2.01. The first-order valence-corrected chi connectivity index (χ1v) is 7.32. The van der Waals surface area contributed by atoms with E-state index < -0.39 is 5.97 Å². The number of esters is 1. The van der Waals surface area contributed by atoms with Gasteiger partial charge in [-0.15, -0.1) is 5.10 Å². The highest BCUT2D eigenvalue weighted by Gasteiger charge is 2.08. The first-order chi connectivity index (χ1) is 10.6. The third-order valence-corrected chi connectivity index (χ3v) is 3.66. The Labute approximate surface area is 136 Å². The second-order valence-electron chi connectivity index (χ2n) is 4.05. The molecule has 0 unspecified atom stereocenters. The van der Waals surface area contributed by atoms with Crippen molar-refractivity contribution >= 4 is 35.2 Å². The SMILES string of the molecule is COc1ccc(/C=C/C(=O)OCc2nnsc2Cl)cc1OC. The number of carbonyl (C=O) groups excluding carboxylic acids is 1. The summed E-state index contributed by atoms with van der Waals surface area (Å²) in [6.45, 7) is -0.00948. The Hall–Kier alpha value is -2.12. The van der Waals surface area contributed by atoms with Crippen LogP contribution in [0.1, 0.15) is 11.3 Å². The molecule has 0 fully saturated rings. The summed E-state index contributed by atoms with van der Waals surface area (Å²) in [6, 6.07) is 5.31. The predicted octanol–water partition coefficient (Wildman–Crippen LogP) is 2.97. The quantitative estimate of drug-likeness (QED) is 0.594. The van der Waals surface area contributed by atoms with Crippen molar-refractivity contribution in [2.75, 3.05) is 14.2 Å². The average Bonchev–Trinajstić information content (AvgIpc) is 2.95. The molecule has 0 N–H and O–H groups in total. The number of hydrogen-bond acceptors (Lipinski definition) is 7. The summed E-state index contributed by atoms with van der Waals surface area (Å²) in [5.41, 5.74) is 1.22. The number of ether oxygens (including phenoxy) is 3. The number of methoxy groups -OCH3 is 2. The summed E-state index contributed by atoms with van der Waals surface area (Å²) < 4.78 is 19.4. The van der Waals surface area contributed by atoms with Crippen molar-refractivity contribution in [2.24, 2.45) is 0 Å². The standard InChI is InChI=1S/C14H13ClN2O4S/c1-19-11-5-3-9(7-12(11)20-2)4-6-13(18)21-8-10-14(15)22-17-16-10/h3-7H,8H2,1-2H3/b6-4+. The van der Waals surface area contributed by atoms with Crippen molar-refractivity contribution in [2.45, 2.75) is 6.61 Å². The van der Waals surface area contributed by atoms with Gasteiger partial charge >= 0.3 is 5.97 Å². The van der Waals surface area contributed by atoms with Gasteiger partial charge < -0.3 is 14.2 Å². The second-order valence-corrected chi connectivity index (χ2v) is 5.40. The van der Waals surface area contributed by atoms with Crippen molar-refractivity contribution in [1.29, 1.82) is 0 Å². The first-order valence-electron chi connectivity index (χ1n) is 6.17. The van der Waals surface area contributed by atoms with E-state index in [1.807, 2.05) is 0 Å². The summed E-state index contributed by atoms with van der Waals surface area (Å²) in [4.78, 5) is 11.6. The Morgan fingerprint density at radius 2 is 2.09 bits per heavy atom. The number of benzene rings is 1. The van der Waals surface area contributed by atoms with Gasteiger partial charge in [0.25, 0.3) is 0 Å². The minimum Gasteiger partial charge on any atom is -0.493 e. The maximum atomic E-state index is 11.6. The maximum absolute atomic E-state index is 11.6. The Bertz CT molecular complexity index is 687. The Morgan fingerprint density at radius 3 is 2.73 bits per heavy atom. The number of rotatable bonds is 6. The number of nitrogens with zero attached hydrogens (tertiary/aromatic N) is 2. The molecule has 0 aliphatic rings. The van der Waals surface area contributed by atoms with E-state index in [9.17, 15) is 4.79 Å². The normalized spacial score (nSPS) is 10.7. The average molecular weight is 341 g/mol. The topological polar surface area (TPSA) is 70.5 Å². The van der Waals surface area contributed by atoms with Crippen LogP contribution in [0.25, 0.3) is 6.08 Å². The highest BCUT2D eigenvalue weighted by atomic mass is 35.5. The number of halogens is 1. The molecule has 2 rings (SSSR count). The molecule has 0 saturated carbocycles. The van der Waals surface area contributed by atoms with Gasteiger partial charge in [0.05, 0.1) is 14.2 Å². The lowest BCUT2D eigenvalue weighted by molar-refractivity contribution is -0.139. The molecule has 2 aromatic rings. The number of carbonyl (C=O) groups is 1. The van der Waals surface area contributed by atoms with Crippen LogP contribution >= 0.6 is 23.1 Å². The van der Waals surface area contributed by atoms with E-state index in [1.54, 1.807) is 38.5 Å². The zero-order valence-electron chi connectivity index (χ0n) is 11.9. The van der Waals surface area contributed by atoms with E-state index >= 15 is 0 Å². The smallest absolute Gasteiger partial charge is 0.331 e. The maximum Gasteiger partial charge on any atom is 0.331 e. The van der Waals surface area contributed by atoms with Crippen LogP contribution in [0.4, 0.5) is 0 Å². The van der Waals surface area contributed by atoms with Crippen LogP contribution in [0.3, 0.4) is 0 Å². The fourth-order valence-corrected chi connectivity index (χ4v) is 2.19. The third kappa shape index (κ3) is 4.19. The molecule has 1 aromatic carbocycles. The molecule has 0 saturated heterocycles. The molecule has 116 valence electrons. The lowest BCUT2D eigenvalue weighted by Gasteiger charge is -2.07. The second kappa shape index (κ2) is 7.77. The van der Waals surface area contributed by atoms with Crippen LogP contribution in [0.2, 0.25) is 4.34 Å². The van der Waals surface area contributed by atoms with Gasteiger partial charge in [0.1, 0.15) is 16.6 Å². The van der Waals surface area contributed by atoms with Crippen LogP contribution in [-0.2, 0) is 16.1 Å². The molecule has 0 spiro atoms.